The number of aromatic hydroxyl groups is 1. The Labute approximate surface area is 114 Å². The summed E-state index contributed by atoms with van der Waals surface area (Å²) in [5, 5.41) is 9.26. The maximum Gasteiger partial charge on any atom is 0.115 e. The van der Waals surface area contributed by atoms with Gasteiger partial charge in [-0.05, 0) is 49.9 Å². The second-order valence-corrected chi connectivity index (χ2v) is 5.33. The van der Waals surface area contributed by atoms with Crippen LogP contribution >= 0.6 is 0 Å². The molecule has 0 aliphatic carbocycles. The van der Waals surface area contributed by atoms with Gasteiger partial charge < -0.3 is 10.8 Å². The minimum absolute atomic E-state index is 0.103. The third kappa shape index (κ3) is 4.11. The van der Waals surface area contributed by atoms with Crippen molar-refractivity contribution in [2.45, 2.75) is 32.7 Å². The van der Waals surface area contributed by atoms with E-state index >= 15 is 0 Å². The molecule has 1 unspecified atom stereocenters. The van der Waals surface area contributed by atoms with E-state index < -0.39 is 0 Å². The lowest BCUT2D eigenvalue weighted by molar-refractivity contribution is 0.475. The lowest BCUT2D eigenvalue weighted by Gasteiger charge is -2.13. The monoisotopic (exact) mass is 255 g/mol. The molecule has 0 bridgehead atoms. The molecule has 2 nitrogen and oxygen atoms in total. The normalized spacial score (nSPS) is 12.4. The molecule has 3 N–H and O–H groups in total. The highest BCUT2D eigenvalue weighted by Gasteiger charge is 2.06. The van der Waals surface area contributed by atoms with E-state index in [0.29, 0.717) is 5.75 Å². The van der Waals surface area contributed by atoms with Crippen molar-refractivity contribution in [3.05, 3.63) is 64.7 Å². The molecule has 100 valence electrons. The summed E-state index contributed by atoms with van der Waals surface area (Å²) < 4.78 is 0. The van der Waals surface area contributed by atoms with E-state index in [9.17, 15) is 5.11 Å². The molecule has 0 aromatic heterocycles. The lowest BCUT2D eigenvalue weighted by atomic mass is 9.97. The van der Waals surface area contributed by atoms with E-state index in [-0.39, 0.29) is 6.04 Å². The molecule has 19 heavy (non-hydrogen) atoms. The second kappa shape index (κ2) is 5.89. The van der Waals surface area contributed by atoms with Crippen LogP contribution < -0.4 is 5.73 Å². The van der Waals surface area contributed by atoms with Gasteiger partial charge in [-0.3, -0.25) is 0 Å². The first kappa shape index (κ1) is 13.6. The molecule has 1 atom stereocenters. The molecular formula is C17H21NO. The highest BCUT2D eigenvalue weighted by atomic mass is 16.3. The summed E-state index contributed by atoms with van der Waals surface area (Å²) in [6.07, 6.45) is 1.71. The Balaban J connectivity index is 2.00. The Morgan fingerprint density at radius 3 is 2.00 bits per heavy atom. The average Bonchev–Trinajstić information content (AvgIpc) is 2.30. The molecule has 2 rings (SSSR count). The van der Waals surface area contributed by atoms with Gasteiger partial charge in [-0.15, -0.1) is 0 Å². The number of phenolic OH excluding ortho intramolecular Hbond substituents is 1. The van der Waals surface area contributed by atoms with Crippen LogP contribution in [0.5, 0.6) is 5.75 Å². The van der Waals surface area contributed by atoms with Crippen molar-refractivity contribution in [3.8, 4) is 5.75 Å². The van der Waals surface area contributed by atoms with Gasteiger partial charge >= 0.3 is 0 Å². The van der Waals surface area contributed by atoms with Gasteiger partial charge in [0.15, 0.2) is 0 Å². The fourth-order valence-electron chi connectivity index (χ4n) is 2.50. The van der Waals surface area contributed by atoms with Gasteiger partial charge in [-0.1, -0.05) is 41.5 Å². The van der Waals surface area contributed by atoms with E-state index in [4.69, 9.17) is 5.73 Å². The van der Waals surface area contributed by atoms with Gasteiger partial charge in [0, 0.05) is 6.04 Å². The average molecular weight is 255 g/mol. The van der Waals surface area contributed by atoms with Crippen molar-refractivity contribution in [1.29, 1.82) is 0 Å². The van der Waals surface area contributed by atoms with Crippen molar-refractivity contribution in [1.82, 2.24) is 0 Å². The Morgan fingerprint density at radius 2 is 1.42 bits per heavy atom. The largest absolute Gasteiger partial charge is 0.508 e. The summed E-state index contributed by atoms with van der Waals surface area (Å²) in [5.74, 6) is 0.298. The number of rotatable bonds is 4. The zero-order valence-corrected chi connectivity index (χ0v) is 11.6. The van der Waals surface area contributed by atoms with Crippen LogP contribution in [0.2, 0.25) is 0 Å². The maximum absolute atomic E-state index is 9.26. The van der Waals surface area contributed by atoms with E-state index in [1.54, 1.807) is 12.1 Å². The molecular weight excluding hydrogens is 234 g/mol. The third-order valence-corrected chi connectivity index (χ3v) is 3.21. The molecule has 0 saturated heterocycles. The molecule has 0 aliphatic heterocycles. The van der Waals surface area contributed by atoms with E-state index in [0.717, 1.165) is 18.4 Å². The Bertz CT molecular complexity index is 525. The minimum atomic E-state index is 0.103. The summed E-state index contributed by atoms with van der Waals surface area (Å²) >= 11 is 0. The molecule has 0 radical (unpaired) electrons. The molecule has 2 aromatic carbocycles. The molecule has 2 aromatic rings. The number of aryl methyl sites for hydroxylation is 2. The first-order valence-electron chi connectivity index (χ1n) is 6.63. The summed E-state index contributed by atoms with van der Waals surface area (Å²) in [4.78, 5) is 0. The molecule has 0 heterocycles. The third-order valence-electron chi connectivity index (χ3n) is 3.21. The fourth-order valence-corrected chi connectivity index (χ4v) is 2.50. The maximum atomic E-state index is 9.26. The zero-order chi connectivity index (χ0) is 13.8. The summed E-state index contributed by atoms with van der Waals surface area (Å²) in [6.45, 7) is 4.23. The fraction of sp³-hybridized carbons (Fsp3) is 0.294. The van der Waals surface area contributed by atoms with Gasteiger partial charge in [0.1, 0.15) is 5.75 Å². The summed E-state index contributed by atoms with van der Waals surface area (Å²) in [6, 6.07) is 13.9. The van der Waals surface area contributed by atoms with Crippen molar-refractivity contribution in [2.75, 3.05) is 0 Å². The smallest absolute Gasteiger partial charge is 0.115 e. The van der Waals surface area contributed by atoms with Crippen molar-refractivity contribution < 1.29 is 5.11 Å². The molecule has 0 amide bonds. The van der Waals surface area contributed by atoms with Crippen LogP contribution in [0.25, 0.3) is 0 Å². The quantitative estimate of drug-likeness (QED) is 0.881. The number of hydrogen-bond donors (Lipinski definition) is 2. The number of phenols is 1. The molecule has 0 spiro atoms. The summed E-state index contributed by atoms with van der Waals surface area (Å²) in [5.41, 5.74) is 11.2. The van der Waals surface area contributed by atoms with Crippen molar-refractivity contribution >= 4 is 0 Å². The van der Waals surface area contributed by atoms with Crippen LogP contribution in [0, 0.1) is 13.8 Å². The van der Waals surface area contributed by atoms with Crippen LogP contribution in [0.3, 0.4) is 0 Å². The van der Waals surface area contributed by atoms with Gasteiger partial charge in [0.05, 0.1) is 0 Å². The number of benzene rings is 2. The first-order chi connectivity index (χ1) is 9.02. The van der Waals surface area contributed by atoms with E-state index in [1.165, 1.54) is 16.7 Å². The lowest BCUT2D eigenvalue weighted by Crippen LogP contribution is -2.25. The van der Waals surface area contributed by atoms with Crippen molar-refractivity contribution in [3.63, 3.8) is 0 Å². The van der Waals surface area contributed by atoms with E-state index in [1.807, 2.05) is 12.1 Å². The molecule has 2 heteroatoms. The van der Waals surface area contributed by atoms with E-state index in [2.05, 4.69) is 32.0 Å². The van der Waals surface area contributed by atoms with Gasteiger partial charge in [-0.2, -0.15) is 0 Å². The van der Waals surface area contributed by atoms with Crippen LogP contribution in [-0.4, -0.2) is 11.1 Å². The van der Waals surface area contributed by atoms with Gasteiger partial charge in [0.2, 0.25) is 0 Å². The number of nitrogens with two attached hydrogens (primary N) is 1. The van der Waals surface area contributed by atoms with Crippen molar-refractivity contribution in [2.24, 2.45) is 5.73 Å². The van der Waals surface area contributed by atoms with Crippen LogP contribution in [-0.2, 0) is 12.8 Å². The highest BCUT2D eigenvalue weighted by Crippen LogP contribution is 2.14. The molecule has 0 aliphatic rings. The number of hydrogen-bond acceptors (Lipinski definition) is 2. The van der Waals surface area contributed by atoms with Crippen LogP contribution in [0.1, 0.15) is 22.3 Å². The van der Waals surface area contributed by atoms with Crippen LogP contribution in [0.4, 0.5) is 0 Å². The van der Waals surface area contributed by atoms with Gasteiger partial charge in [0.25, 0.3) is 0 Å². The van der Waals surface area contributed by atoms with Crippen LogP contribution in [0.15, 0.2) is 42.5 Å². The predicted octanol–water partition coefficient (Wildman–Crippen LogP) is 3.12. The Hall–Kier alpha value is -1.80. The topological polar surface area (TPSA) is 46.2 Å². The summed E-state index contributed by atoms with van der Waals surface area (Å²) in [7, 11) is 0. The Morgan fingerprint density at radius 1 is 0.895 bits per heavy atom. The SMILES string of the molecule is Cc1cc(C)cc(CC(N)Cc2ccc(O)cc2)c1. The Kier molecular flexibility index (Phi) is 4.23. The predicted molar refractivity (Wildman–Crippen MR) is 79.4 cm³/mol. The molecule has 0 fully saturated rings. The minimum Gasteiger partial charge on any atom is -0.508 e. The van der Waals surface area contributed by atoms with Gasteiger partial charge in [-0.25, -0.2) is 0 Å². The first-order valence-corrected chi connectivity index (χ1v) is 6.63. The second-order valence-electron chi connectivity index (χ2n) is 5.33. The standard InChI is InChI=1S/C17H21NO/c1-12-7-13(2)9-15(8-12)11-16(18)10-14-3-5-17(19)6-4-14/h3-9,16,19H,10-11,18H2,1-2H3. The highest BCUT2D eigenvalue weighted by molar-refractivity contribution is 5.30. The molecule has 0 saturated carbocycles. The zero-order valence-electron chi connectivity index (χ0n) is 11.6.